The van der Waals surface area contributed by atoms with Crippen LogP contribution in [-0.4, -0.2) is 27.0 Å². The minimum Gasteiger partial charge on any atom is -0.313 e. The van der Waals surface area contributed by atoms with Gasteiger partial charge in [0.2, 0.25) is 10.0 Å². The average molecular weight is 296 g/mol. The van der Waals surface area contributed by atoms with Crippen molar-refractivity contribution in [1.29, 1.82) is 0 Å². The van der Waals surface area contributed by atoms with E-state index in [1.807, 2.05) is 19.1 Å². The number of benzene rings is 1. The highest BCUT2D eigenvalue weighted by Crippen LogP contribution is 2.18. The molecule has 0 saturated carbocycles. The number of rotatable bonds is 4. The molecule has 5 heteroatoms. The summed E-state index contributed by atoms with van der Waals surface area (Å²) in [5.74, 6) is 0.405. The van der Waals surface area contributed by atoms with E-state index in [9.17, 15) is 8.42 Å². The molecule has 4 nitrogen and oxygen atoms in total. The summed E-state index contributed by atoms with van der Waals surface area (Å²) in [6, 6.07) is 7.31. The minimum atomic E-state index is -3.43. The second-order valence-corrected chi connectivity index (χ2v) is 7.55. The van der Waals surface area contributed by atoms with E-state index in [2.05, 4.69) is 23.9 Å². The van der Waals surface area contributed by atoms with Gasteiger partial charge in [0.15, 0.2) is 0 Å². The van der Waals surface area contributed by atoms with Gasteiger partial charge >= 0.3 is 0 Å². The van der Waals surface area contributed by atoms with Crippen LogP contribution in [-0.2, 0) is 10.0 Å². The molecule has 1 saturated heterocycles. The second kappa shape index (κ2) is 6.24. The van der Waals surface area contributed by atoms with E-state index in [0.717, 1.165) is 24.9 Å². The SMILES string of the molecule is CC(C)c1ccc(S(=O)(=O)NC2CCCNC2C)cc1. The molecule has 1 fully saturated rings. The topological polar surface area (TPSA) is 58.2 Å². The molecule has 112 valence electrons. The predicted molar refractivity (Wildman–Crippen MR) is 81.3 cm³/mol. The average Bonchev–Trinajstić information content (AvgIpc) is 2.41. The zero-order chi connectivity index (χ0) is 14.8. The summed E-state index contributed by atoms with van der Waals surface area (Å²) in [4.78, 5) is 0.347. The number of hydrogen-bond donors (Lipinski definition) is 2. The molecule has 0 spiro atoms. The summed E-state index contributed by atoms with van der Waals surface area (Å²) in [5.41, 5.74) is 1.15. The highest BCUT2D eigenvalue weighted by atomic mass is 32.2. The van der Waals surface area contributed by atoms with Gasteiger partial charge in [-0.1, -0.05) is 26.0 Å². The molecule has 2 atom stereocenters. The number of hydrogen-bond acceptors (Lipinski definition) is 3. The van der Waals surface area contributed by atoms with Crippen LogP contribution < -0.4 is 10.0 Å². The maximum Gasteiger partial charge on any atom is 0.240 e. The summed E-state index contributed by atoms with van der Waals surface area (Å²) in [7, 11) is -3.43. The van der Waals surface area contributed by atoms with Crippen molar-refractivity contribution < 1.29 is 8.42 Å². The molecular weight excluding hydrogens is 272 g/mol. The lowest BCUT2D eigenvalue weighted by molar-refractivity contribution is 0.349. The van der Waals surface area contributed by atoms with Crippen molar-refractivity contribution in [2.75, 3.05) is 6.54 Å². The van der Waals surface area contributed by atoms with Crippen LogP contribution in [0.4, 0.5) is 0 Å². The van der Waals surface area contributed by atoms with Crippen molar-refractivity contribution >= 4 is 10.0 Å². The number of nitrogens with one attached hydrogen (secondary N) is 2. The van der Waals surface area contributed by atoms with Crippen LogP contribution in [0.2, 0.25) is 0 Å². The third-order valence-electron chi connectivity index (χ3n) is 3.93. The van der Waals surface area contributed by atoms with Gasteiger partial charge in [0.25, 0.3) is 0 Å². The predicted octanol–water partition coefficient (Wildman–Crippen LogP) is 2.23. The molecule has 1 aliphatic rings. The number of sulfonamides is 1. The summed E-state index contributed by atoms with van der Waals surface area (Å²) < 4.78 is 27.6. The Morgan fingerprint density at radius 1 is 1.25 bits per heavy atom. The van der Waals surface area contributed by atoms with Crippen molar-refractivity contribution in [2.24, 2.45) is 0 Å². The highest BCUT2D eigenvalue weighted by Gasteiger charge is 2.26. The Bertz CT molecular complexity index is 537. The fourth-order valence-electron chi connectivity index (χ4n) is 2.50. The van der Waals surface area contributed by atoms with Crippen LogP contribution >= 0.6 is 0 Å². The van der Waals surface area contributed by atoms with Gasteiger partial charge in [0.1, 0.15) is 0 Å². The first-order valence-electron chi connectivity index (χ1n) is 7.26. The molecule has 0 aliphatic carbocycles. The van der Waals surface area contributed by atoms with Gasteiger partial charge in [-0.2, -0.15) is 0 Å². The molecule has 20 heavy (non-hydrogen) atoms. The van der Waals surface area contributed by atoms with E-state index in [0.29, 0.717) is 10.8 Å². The van der Waals surface area contributed by atoms with Gasteiger partial charge in [-0.15, -0.1) is 0 Å². The molecule has 2 N–H and O–H groups in total. The maximum absolute atomic E-state index is 12.4. The number of piperidine rings is 1. The minimum absolute atomic E-state index is 0.0291. The molecule has 2 unspecified atom stereocenters. The fourth-order valence-corrected chi connectivity index (χ4v) is 3.86. The van der Waals surface area contributed by atoms with Crippen LogP contribution in [0.3, 0.4) is 0 Å². The van der Waals surface area contributed by atoms with Crippen LogP contribution in [0.15, 0.2) is 29.2 Å². The Hall–Kier alpha value is -0.910. The first-order valence-corrected chi connectivity index (χ1v) is 8.74. The largest absolute Gasteiger partial charge is 0.313 e. The van der Waals surface area contributed by atoms with Crippen molar-refractivity contribution in [3.63, 3.8) is 0 Å². The molecule has 0 bridgehead atoms. The first kappa shape index (κ1) is 15.5. The third-order valence-corrected chi connectivity index (χ3v) is 5.43. The smallest absolute Gasteiger partial charge is 0.240 e. The summed E-state index contributed by atoms with van der Waals surface area (Å²) in [5, 5.41) is 3.30. The first-order chi connectivity index (χ1) is 9.40. The normalized spacial score (nSPS) is 24.0. The van der Waals surface area contributed by atoms with E-state index >= 15 is 0 Å². The van der Waals surface area contributed by atoms with Crippen LogP contribution in [0.5, 0.6) is 0 Å². The molecule has 1 heterocycles. The Morgan fingerprint density at radius 2 is 1.90 bits per heavy atom. The van der Waals surface area contributed by atoms with Crippen LogP contribution in [0.25, 0.3) is 0 Å². The van der Waals surface area contributed by atoms with Gasteiger partial charge in [0, 0.05) is 12.1 Å². The van der Waals surface area contributed by atoms with Crippen molar-refractivity contribution in [1.82, 2.24) is 10.0 Å². The van der Waals surface area contributed by atoms with Crippen molar-refractivity contribution in [3.8, 4) is 0 Å². The van der Waals surface area contributed by atoms with Gasteiger partial charge in [-0.25, -0.2) is 13.1 Å². The van der Waals surface area contributed by atoms with E-state index in [1.165, 1.54) is 0 Å². The zero-order valence-corrected chi connectivity index (χ0v) is 13.2. The molecule has 2 rings (SSSR count). The molecule has 1 aliphatic heterocycles. The quantitative estimate of drug-likeness (QED) is 0.896. The Labute approximate surface area is 122 Å². The summed E-state index contributed by atoms with van der Waals surface area (Å²) in [6.07, 6.45) is 1.89. The molecule has 1 aromatic rings. The lowest BCUT2D eigenvalue weighted by Gasteiger charge is -2.30. The molecule has 0 radical (unpaired) electrons. The standard InChI is InChI=1S/C15H24N2O2S/c1-11(2)13-6-8-14(9-7-13)20(18,19)17-15-5-4-10-16-12(15)3/h6-9,11-12,15-17H,4-5,10H2,1-3H3. The van der Waals surface area contributed by atoms with E-state index in [-0.39, 0.29) is 12.1 Å². The lowest BCUT2D eigenvalue weighted by atomic mass is 10.0. The molecular formula is C15H24N2O2S. The third kappa shape index (κ3) is 3.59. The zero-order valence-electron chi connectivity index (χ0n) is 12.4. The fraction of sp³-hybridized carbons (Fsp3) is 0.600. The molecule has 0 aromatic heterocycles. The Morgan fingerprint density at radius 3 is 2.45 bits per heavy atom. The molecule has 0 amide bonds. The van der Waals surface area contributed by atoms with Gasteiger partial charge in [-0.3, -0.25) is 0 Å². The van der Waals surface area contributed by atoms with Gasteiger partial charge in [0.05, 0.1) is 4.90 Å². The summed E-state index contributed by atoms with van der Waals surface area (Å²) in [6.45, 7) is 7.17. The summed E-state index contributed by atoms with van der Waals surface area (Å²) >= 11 is 0. The van der Waals surface area contributed by atoms with Crippen LogP contribution in [0.1, 0.15) is 45.1 Å². The van der Waals surface area contributed by atoms with Crippen molar-refractivity contribution in [3.05, 3.63) is 29.8 Å². The van der Waals surface area contributed by atoms with Crippen LogP contribution in [0, 0.1) is 0 Å². The van der Waals surface area contributed by atoms with E-state index < -0.39 is 10.0 Å². The van der Waals surface area contributed by atoms with E-state index in [1.54, 1.807) is 12.1 Å². The highest BCUT2D eigenvalue weighted by molar-refractivity contribution is 7.89. The van der Waals surface area contributed by atoms with Gasteiger partial charge in [-0.05, 0) is 49.9 Å². The molecule has 1 aromatic carbocycles. The van der Waals surface area contributed by atoms with E-state index in [4.69, 9.17) is 0 Å². The maximum atomic E-state index is 12.4. The Kier molecular flexibility index (Phi) is 4.83. The van der Waals surface area contributed by atoms with Crippen molar-refractivity contribution in [2.45, 2.75) is 56.5 Å². The second-order valence-electron chi connectivity index (χ2n) is 5.84. The monoisotopic (exact) mass is 296 g/mol. The Balaban J connectivity index is 2.13. The lowest BCUT2D eigenvalue weighted by Crippen LogP contribution is -2.51. The van der Waals surface area contributed by atoms with Gasteiger partial charge < -0.3 is 5.32 Å².